The van der Waals surface area contributed by atoms with Crippen LogP contribution < -0.4 is 15.0 Å². The lowest BCUT2D eigenvalue weighted by Crippen LogP contribution is -2.51. The molecular weight excluding hydrogens is 815 g/mol. The zero-order chi connectivity index (χ0) is 44.5. The number of amides is 4. The molecule has 0 aliphatic carbocycles. The standard InChI is InChI=1S/C25H23N3O3.C25H26N2O4S/c1-3-22-23(20-8-4-5-9-21(20)25(30)28(22)16-17-31-2)24(29)26-18-10-12-19(13-11-18)27-14-6-7-15-27;1-26(17-8-6-9-18(16-17)31-3)25(29)22-19-10-4-5-11-20(19)24(28)27(13-14-30-2)23(22)21-12-7-15-32-21/h1,4-15,22-23H,16-17H2,2H3,(H,26,29);4-12,15-16,22-23H,13-14H2,1-3H3. The third kappa shape index (κ3) is 9.29. The molecule has 12 nitrogen and oxygen atoms in total. The molecular formula is C50H49N5O7S. The molecule has 0 saturated heterocycles. The molecule has 4 atom stereocenters. The first-order valence-electron chi connectivity index (χ1n) is 20.4. The molecule has 1 N–H and O–H groups in total. The molecule has 0 saturated carbocycles. The van der Waals surface area contributed by atoms with E-state index in [1.54, 1.807) is 78.7 Å². The van der Waals surface area contributed by atoms with Crippen molar-refractivity contribution in [3.8, 4) is 23.8 Å². The summed E-state index contributed by atoms with van der Waals surface area (Å²) in [5, 5.41) is 4.94. The van der Waals surface area contributed by atoms with E-state index in [2.05, 4.69) is 11.2 Å². The molecule has 2 aromatic heterocycles. The Morgan fingerprint density at radius 1 is 0.746 bits per heavy atom. The second-order valence-electron chi connectivity index (χ2n) is 14.9. The van der Waals surface area contributed by atoms with E-state index in [1.807, 2.05) is 119 Å². The van der Waals surface area contributed by atoms with Crippen LogP contribution >= 0.6 is 11.3 Å². The Labute approximate surface area is 371 Å². The molecule has 322 valence electrons. The van der Waals surface area contributed by atoms with E-state index in [4.69, 9.17) is 20.6 Å². The van der Waals surface area contributed by atoms with Gasteiger partial charge in [0.1, 0.15) is 11.8 Å². The number of nitrogens with one attached hydrogen (secondary N) is 1. The lowest BCUT2D eigenvalue weighted by atomic mass is 9.81. The zero-order valence-corrected chi connectivity index (χ0v) is 36.4. The SMILES string of the molecule is C#CC1C(C(=O)Nc2ccc(-n3cccc3)cc2)c2ccccc2C(=O)N1CCOC.COCCN1C(=O)c2ccccc2C(C(=O)N(C)c2cccc(OC)c2)C1c1cccs1. The minimum Gasteiger partial charge on any atom is -0.497 e. The van der Waals surface area contributed by atoms with Crippen LogP contribution in [0.2, 0.25) is 0 Å². The number of methoxy groups -OCH3 is 3. The first kappa shape index (κ1) is 44.1. The Kier molecular flexibility index (Phi) is 14.2. The van der Waals surface area contributed by atoms with Crippen LogP contribution in [0.5, 0.6) is 5.75 Å². The molecule has 0 spiro atoms. The number of carbonyl (C=O) groups excluding carboxylic acids is 4. The van der Waals surface area contributed by atoms with E-state index in [0.29, 0.717) is 54.4 Å². The summed E-state index contributed by atoms with van der Waals surface area (Å²) in [7, 11) is 6.54. The summed E-state index contributed by atoms with van der Waals surface area (Å²) in [5.41, 5.74) is 4.84. The van der Waals surface area contributed by atoms with Crippen LogP contribution in [0.1, 0.15) is 54.6 Å². The molecule has 6 aromatic rings. The molecule has 4 aromatic carbocycles. The minimum atomic E-state index is -0.698. The van der Waals surface area contributed by atoms with E-state index < -0.39 is 23.9 Å². The lowest BCUT2D eigenvalue weighted by molar-refractivity contribution is -0.121. The van der Waals surface area contributed by atoms with Crippen LogP contribution in [-0.4, -0.2) is 98.7 Å². The van der Waals surface area contributed by atoms with Gasteiger partial charge in [0.05, 0.1) is 38.2 Å². The molecule has 13 heteroatoms. The van der Waals surface area contributed by atoms with Gasteiger partial charge < -0.3 is 38.8 Å². The molecule has 8 rings (SSSR count). The average Bonchev–Trinajstić information content (AvgIpc) is 4.07. The molecule has 63 heavy (non-hydrogen) atoms. The number of terminal acetylenes is 1. The number of hydrogen-bond acceptors (Lipinski definition) is 8. The number of nitrogens with zero attached hydrogens (tertiary/aromatic N) is 4. The summed E-state index contributed by atoms with van der Waals surface area (Å²) in [6.07, 6.45) is 9.72. The summed E-state index contributed by atoms with van der Waals surface area (Å²) in [4.78, 5) is 59.8. The van der Waals surface area contributed by atoms with Gasteiger partial charge in [-0.2, -0.15) is 0 Å². The number of carbonyl (C=O) groups is 4. The van der Waals surface area contributed by atoms with Crippen molar-refractivity contribution >= 4 is 46.3 Å². The lowest BCUT2D eigenvalue weighted by Gasteiger charge is -2.42. The Morgan fingerprint density at radius 3 is 1.97 bits per heavy atom. The van der Waals surface area contributed by atoms with Crippen molar-refractivity contribution in [3.63, 3.8) is 0 Å². The maximum atomic E-state index is 14.0. The van der Waals surface area contributed by atoms with Gasteiger partial charge in [-0.3, -0.25) is 19.2 Å². The monoisotopic (exact) mass is 863 g/mol. The smallest absolute Gasteiger partial charge is 0.255 e. The molecule has 4 unspecified atom stereocenters. The number of likely N-dealkylation sites (N-methyl/N-ethyl adjacent to an activating group) is 1. The van der Waals surface area contributed by atoms with Crippen molar-refractivity contribution in [1.29, 1.82) is 0 Å². The highest BCUT2D eigenvalue weighted by Crippen LogP contribution is 2.45. The van der Waals surface area contributed by atoms with Gasteiger partial charge in [-0.15, -0.1) is 17.8 Å². The van der Waals surface area contributed by atoms with Gasteiger partial charge in [0.15, 0.2) is 0 Å². The van der Waals surface area contributed by atoms with Gasteiger partial charge in [-0.25, -0.2) is 0 Å². The third-order valence-electron chi connectivity index (χ3n) is 11.3. The highest BCUT2D eigenvalue weighted by molar-refractivity contribution is 7.10. The van der Waals surface area contributed by atoms with E-state index in [0.717, 1.165) is 21.8 Å². The van der Waals surface area contributed by atoms with Crippen molar-refractivity contribution in [1.82, 2.24) is 14.4 Å². The fourth-order valence-corrected chi connectivity index (χ4v) is 9.04. The summed E-state index contributed by atoms with van der Waals surface area (Å²) >= 11 is 1.55. The number of thiophene rings is 1. The minimum absolute atomic E-state index is 0.0795. The maximum Gasteiger partial charge on any atom is 0.255 e. The van der Waals surface area contributed by atoms with E-state index >= 15 is 0 Å². The first-order valence-corrected chi connectivity index (χ1v) is 21.3. The fraction of sp³-hybridized carbons (Fsp3) is 0.240. The van der Waals surface area contributed by atoms with Crippen molar-refractivity contribution in [3.05, 3.63) is 166 Å². The van der Waals surface area contributed by atoms with Crippen molar-refractivity contribution in [2.75, 3.05) is 64.9 Å². The molecule has 4 amide bonds. The number of rotatable bonds is 13. The van der Waals surface area contributed by atoms with Crippen molar-refractivity contribution < 1.29 is 33.4 Å². The van der Waals surface area contributed by atoms with Crippen LogP contribution in [-0.2, 0) is 19.1 Å². The molecule has 2 aliphatic rings. The Bertz CT molecular complexity index is 2570. The van der Waals surface area contributed by atoms with Crippen LogP contribution in [0.15, 0.2) is 139 Å². The Hall–Kier alpha value is -6.98. The van der Waals surface area contributed by atoms with Crippen LogP contribution in [0, 0.1) is 12.3 Å². The molecule has 0 radical (unpaired) electrons. The number of hydrogen-bond donors (Lipinski definition) is 1. The van der Waals surface area contributed by atoms with Gasteiger partial charge in [-0.05, 0) is 83.2 Å². The highest BCUT2D eigenvalue weighted by atomic mass is 32.1. The molecule has 0 bridgehead atoms. The number of ether oxygens (including phenoxy) is 3. The normalized spacial score (nSPS) is 17.7. The number of anilines is 2. The predicted molar refractivity (Wildman–Crippen MR) is 245 cm³/mol. The summed E-state index contributed by atoms with van der Waals surface area (Å²) in [6, 6.07) is 36.2. The molecule has 4 heterocycles. The van der Waals surface area contributed by atoms with E-state index in [9.17, 15) is 19.2 Å². The summed E-state index contributed by atoms with van der Waals surface area (Å²) in [5.74, 6) is 1.52. The second-order valence-corrected chi connectivity index (χ2v) is 15.9. The number of fused-ring (bicyclic) bond motifs is 2. The number of benzene rings is 4. The Balaban J connectivity index is 0.000000189. The van der Waals surface area contributed by atoms with E-state index in [1.165, 1.54) is 0 Å². The summed E-state index contributed by atoms with van der Waals surface area (Å²) in [6.45, 7) is 1.44. The summed E-state index contributed by atoms with van der Waals surface area (Å²) < 4.78 is 17.7. The molecule has 2 aliphatic heterocycles. The third-order valence-corrected chi connectivity index (χ3v) is 12.3. The van der Waals surface area contributed by atoms with Gasteiger partial charge in [0.2, 0.25) is 11.8 Å². The molecule has 0 fully saturated rings. The van der Waals surface area contributed by atoms with Crippen molar-refractivity contribution in [2.24, 2.45) is 0 Å². The van der Waals surface area contributed by atoms with Crippen LogP contribution in [0.4, 0.5) is 11.4 Å². The van der Waals surface area contributed by atoms with Gasteiger partial charge in [0.25, 0.3) is 11.8 Å². The van der Waals surface area contributed by atoms with E-state index in [-0.39, 0.29) is 23.6 Å². The van der Waals surface area contributed by atoms with Gasteiger partial charge in [0, 0.05) is 85.9 Å². The predicted octanol–water partition coefficient (Wildman–Crippen LogP) is 7.65. The van der Waals surface area contributed by atoms with Crippen LogP contribution in [0.3, 0.4) is 0 Å². The van der Waals surface area contributed by atoms with Crippen LogP contribution in [0.25, 0.3) is 5.69 Å². The largest absolute Gasteiger partial charge is 0.497 e. The fourth-order valence-electron chi connectivity index (χ4n) is 8.16. The van der Waals surface area contributed by atoms with Gasteiger partial charge >= 0.3 is 0 Å². The highest BCUT2D eigenvalue weighted by Gasteiger charge is 2.46. The number of aromatic nitrogens is 1. The average molecular weight is 864 g/mol. The van der Waals surface area contributed by atoms with Gasteiger partial charge in [-0.1, -0.05) is 54.5 Å². The topological polar surface area (TPSA) is 123 Å². The second kappa shape index (κ2) is 20.3. The zero-order valence-electron chi connectivity index (χ0n) is 35.5. The first-order chi connectivity index (χ1) is 30.7. The quantitative estimate of drug-likeness (QED) is 0.119. The maximum absolute atomic E-state index is 14.0. The Morgan fingerprint density at radius 2 is 1.37 bits per heavy atom. The van der Waals surface area contributed by atoms with Crippen molar-refractivity contribution in [2.45, 2.75) is 23.9 Å².